The van der Waals surface area contributed by atoms with Gasteiger partial charge in [0.25, 0.3) is 0 Å². The molecule has 3 heterocycles. The number of fused-ring (bicyclic) bond motifs is 6. The van der Waals surface area contributed by atoms with Gasteiger partial charge in [0.05, 0.1) is 21.4 Å². The molecule has 0 N–H and O–H groups in total. The molecule has 0 aliphatic carbocycles. The lowest BCUT2D eigenvalue weighted by Gasteiger charge is -2.17. The molecule has 8 rings (SSSR count). The monoisotopic (exact) mass is 502 g/mol. The molecule has 178 valence electrons. The fourth-order valence-electron chi connectivity index (χ4n) is 5.90. The summed E-state index contributed by atoms with van der Waals surface area (Å²) in [5.41, 5.74) is 8.57. The Hall–Kier alpha value is -4.73. The van der Waals surface area contributed by atoms with Gasteiger partial charge in [0.1, 0.15) is 0 Å². The topological polar surface area (TPSA) is 17.8 Å². The Balaban J connectivity index is 1.43. The standard InChI is InChI=1S/C35H22N2S/c1-2-11-24(29-15-9-16-30-28-20-21-36-22-34(28)38-35(29)30)23(10-1)25-12-3-6-17-31(25)37-32-18-7-4-13-26(32)27-14-5-8-19-33(27)37/h1-22H. The Morgan fingerprint density at radius 3 is 1.82 bits per heavy atom. The Morgan fingerprint density at radius 1 is 0.474 bits per heavy atom. The normalized spacial score (nSPS) is 11.7. The number of nitrogens with zero attached hydrogens (tertiary/aromatic N) is 2. The Morgan fingerprint density at radius 2 is 1.05 bits per heavy atom. The largest absolute Gasteiger partial charge is 0.309 e. The van der Waals surface area contributed by atoms with Crippen molar-refractivity contribution in [3.63, 3.8) is 0 Å². The minimum atomic E-state index is 1.19. The van der Waals surface area contributed by atoms with Crippen LogP contribution in [0.4, 0.5) is 0 Å². The van der Waals surface area contributed by atoms with Crippen molar-refractivity contribution in [1.82, 2.24) is 9.55 Å². The first-order valence-electron chi connectivity index (χ1n) is 12.8. The molecule has 0 spiro atoms. The van der Waals surface area contributed by atoms with E-state index in [1.165, 1.54) is 69.9 Å². The average molecular weight is 503 g/mol. The van der Waals surface area contributed by atoms with Gasteiger partial charge in [-0.1, -0.05) is 97.1 Å². The molecule has 0 aliphatic rings. The summed E-state index contributed by atoms with van der Waals surface area (Å²) in [6.07, 6.45) is 3.87. The first-order chi connectivity index (χ1) is 18.9. The van der Waals surface area contributed by atoms with Crippen molar-refractivity contribution in [2.45, 2.75) is 0 Å². The van der Waals surface area contributed by atoms with Crippen molar-refractivity contribution >= 4 is 53.3 Å². The second-order valence-electron chi connectivity index (χ2n) is 9.59. The molecule has 2 nitrogen and oxygen atoms in total. The maximum atomic E-state index is 4.37. The Bertz CT molecular complexity index is 2090. The van der Waals surface area contributed by atoms with Crippen molar-refractivity contribution < 1.29 is 0 Å². The minimum absolute atomic E-state index is 1.19. The highest BCUT2D eigenvalue weighted by atomic mass is 32.1. The van der Waals surface area contributed by atoms with Crippen LogP contribution in [0.2, 0.25) is 0 Å². The van der Waals surface area contributed by atoms with E-state index < -0.39 is 0 Å². The first kappa shape index (κ1) is 21.4. The van der Waals surface area contributed by atoms with Crippen LogP contribution in [0.5, 0.6) is 0 Å². The van der Waals surface area contributed by atoms with Gasteiger partial charge in [-0.25, -0.2) is 0 Å². The molecule has 0 radical (unpaired) electrons. The van der Waals surface area contributed by atoms with Gasteiger partial charge in [0.15, 0.2) is 0 Å². The van der Waals surface area contributed by atoms with Crippen molar-refractivity contribution in [3.05, 3.63) is 134 Å². The molecule has 0 bridgehead atoms. The summed E-state index contributed by atoms with van der Waals surface area (Å²) < 4.78 is 4.94. The highest BCUT2D eigenvalue weighted by Gasteiger charge is 2.18. The molecule has 0 saturated heterocycles. The highest BCUT2D eigenvalue weighted by molar-refractivity contribution is 7.26. The SMILES string of the molecule is c1ccc(-c2cccc3c2sc2cnccc23)c(-c2ccccc2-n2c3ccccc3c3ccccc32)c1. The van der Waals surface area contributed by atoms with E-state index >= 15 is 0 Å². The van der Waals surface area contributed by atoms with Crippen LogP contribution in [0.1, 0.15) is 0 Å². The van der Waals surface area contributed by atoms with Gasteiger partial charge in [0, 0.05) is 49.8 Å². The molecule has 3 heteroatoms. The number of rotatable bonds is 3. The number of pyridine rings is 1. The summed E-state index contributed by atoms with van der Waals surface area (Å²) in [5.74, 6) is 0. The van der Waals surface area contributed by atoms with Crippen LogP contribution in [-0.2, 0) is 0 Å². The summed E-state index contributed by atoms with van der Waals surface area (Å²) >= 11 is 1.83. The van der Waals surface area contributed by atoms with Crippen molar-refractivity contribution in [1.29, 1.82) is 0 Å². The zero-order valence-electron chi connectivity index (χ0n) is 20.5. The van der Waals surface area contributed by atoms with Gasteiger partial charge in [-0.15, -0.1) is 11.3 Å². The number of thiophene rings is 1. The van der Waals surface area contributed by atoms with E-state index in [9.17, 15) is 0 Å². The summed E-state index contributed by atoms with van der Waals surface area (Å²) in [5, 5.41) is 5.10. The van der Waals surface area contributed by atoms with Crippen LogP contribution in [0, 0.1) is 0 Å². The first-order valence-corrected chi connectivity index (χ1v) is 13.6. The minimum Gasteiger partial charge on any atom is -0.309 e. The lowest BCUT2D eigenvalue weighted by Crippen LogP contribution is -1.98. The molecule has 8 aromatic rings. The van der Waals surface area contributed by atoms with Crippen molar-refractivity contribution in [3.8, 4) is 27.9 Å². The third kappa shape index (κ3) is 3.09. The summed E-state index contributed by atoms with van der Waals surface area (Å²) in [6, 6.07) is 43.8. The van der Waals surface area contributed by atoms with Crippen LogP contribution in [0.15, 0.2) is 134 Å². The van der Waals surface area contributed by atoms with Gasteiger partial charge in [-0.3, -0.25) is 4.98 Å². The molecular weight excluding hydrogens is 480 g/mol. The third-order valence-corrected chi connectivity index (χ3v) is 8.72. The predicted molar refractivity (Wildman–Crippen MR) is 162 cm³/mol. The maximum Gasteiger partial charge on any atom is 0.0541 e. The molecule has 0 fully saturated rings. The summed E-state index contributed by atoms with van der Waals surface area (Å²) in [6.45, 7) is 0. The van der Waals surface area contributed by atoms with E-state index in [-0.39, 0.29) is 0 Å². The molecule has 5 aromatic carbocycles. The second-order valence-corrected chi connectivity index (χ2v) is 10.6. The number of hydrogen-bond acceptors (Lipinski definition) is 2. The zero-order valence-corrected chi connectivity index (χ0v) is 21.3. The lowest BCUT2D eigenvalue weighted by molar-refractivity contribution is 1.18. The fourth-order valence-corrected chi connectivity index (χ4v) is 7.09. The lowest BCUT2D eigenvalue weighted by atomic mass is 9.92. The van der Waals surface area contributed by atoms with Crippen LogP contribution < -0.4 is 0 Å². The van der Waals surface area contributed by atoms with E-state index in [0.717, 1.165) is 0 Å². The molecular formula is C35H22N2S. The number of aromatic nitrogens is 2. The van der Waals surface area contributed by atoms with Gasteiger partial charge in [0.2, 0.25) is 0 Å². The summed E-state index contributed by atoms with van der Waals surface area (Å²) in [7, 11) is 0. The van der Waals surface area contributed by atoms with E-state index in [0.29, 0.717) is 0 Å². The smallest absolute Gasteiger partial charge is 0.0541 e. The number of para-hydroxylation sites is 3. The molecule has 0 aliphatic heterocycles. The molecule has 0 saturated carbocycles. The van der Waals surface area contributed by atoms with E-state index in [1.807, 2.05) is 23.7 Å². The fraction of sp³-hybridized carbons (Fsp3) is 0. The Labute approximate surface area is 224 Å². The second kappa shape index (κ2) is 8.41. The molecule has 3 aromatic heterocycles. The van der Waals surface area contributed by atoms with Crippen LogP contribution in [0.3, 0.4) is 0 Å². The van der Waals surface area contributed by atoms with Crippen LogP contribution >= 0.6 is 11.3 Å². The van der Waals surface area contributed by atoms with Crippen molar-refractivity contribution in [2.75, 3.05) is 0 Å². The molecule has 0 amide bonds. The zero-order chi connectivity index (χ0) is 25.1. The van der Waals surface area contributed by atoms with Gasteiger partial charge < -0.3 is 4.57 Å². The molecule has 38 heavy (non-hydrogen) atoms. The molecule has 0 atom stereocenters. The maximum absolute atomic E-state index is 4.37. The van der Waals surface area contributed by atoms with Crippen LogP contribution in [-0.4, -0.2) is 9.55 Å². The predicted octanol–water partition coefficient (Wildman–Crippen LogP) is 9.88. The Kier molecular flexibility index (Phi) is 4.73. The van der Waals surface area contributed by atoms with Crippen molar-refractivity contribution in [2.24, 2.45) is 0 Å². The number of benzene rings is 5. The number of hydrogen-bond donors (Lipinski definition) is 0. The van der Waals surface area contributed by atoms with Gasteiger partial charge >= 0.3 is 0 Å². The van der Waals surface area contributed by atoms with Gasteiger partial charge in [-0.2, -0.15) is 0 Å². The van der Waals surface area contributed by atoms with E-state index in [2.05, 4.69) is 131 Å². The van der Waals surface area contributed by atoms with E-state index in [1.54, 1.807) is 0 Å². The average Bonchev–Trinajstić information content (AvgIpc) is 3.53. The van der Waals surface area contributed by atoms with Gasteiger partial charge in [-0.05, 0) is 35.4 Å². The molecule has 0 unspecified atom stereocenters. The van der Waals surface area contributed by atoms with E-state index in [4.69, 9.17) is 0 Å². The summed E-state index contributed by atoms with van der Waals surface area (Å²) in [4.78, 5) is 4.37. The quantitative estimate of drug-likeness (QED) is 0.235. The third-order valence-electron chi connectivity index (χ3n) is 7.53. The highest BCUT2D eigenvalue weighted by Crippen LogP contribution is 2.44. The van der Waals surface area contributed by atoms with Crippen LogP contribution in [0.25, 0.3) is 69.9 Å².